The van der Waals surface area contributed by atoms with E-state index in [4.69, 9.17) is 9.26 Å². The van der Waals surface area contributed by atoms with Crippen LogP contribution in [0.1, 0.15) is 21.8 Å². The Labute approximate surface area is 168 Å². The molecule has 0 aliphatic carbocycles. The van der Waals surface area contributed by atoms with E-state index in [0.717, 1.165) is 11.8 Å². The molecule has 2 N–H and O–H groups in total. The van der Waals surface area contributed by atoms with E-state index in [2.05, 4.69) is 20.2 Å². The van der Waals surface area contributed by atoms with Crippen LogP contribution in [0.5, 0.6) is 5.75 Å². The second-order valence-electron chi connectivity index (χ2n) is 6.33. The van der Waals surface area contributed by atoms with E-state index in [0.29, 0.717) is 28.4 Å². The fraction of sp³-hybridized carbons (Fsp3) is 0.211. The highest BCUT2D eigenvalue weighted by molar-refractivity contribution is 7.92. The van der Waals surface area contributed by atoms with Gasteiger partial charge in [0.25, 0.3) is 5.91 Å². The van der Waals surface area contributed by atoms with Crippen molar-refractivity contribution in [3.05, 3.63) is 59.5 Å². The molecule has 152 valence electrons. The third-order valence-corrected chi connectivity index (χ3v) is 4.58. The van der Waals surface area contributed by atoms with Crippen molar-refractivity contribution in [1.29, 1.82) is 0 Å². The number of sulfonamides is 1. The highest BCUT2D eigenvalue weighted by Gasteiger charge is 2.13. The summed E-state index contributed by atoms with van der Waals surface area (Å²) >= 11 is 0. The molecular formula is C19H20N4O5S. The van der Waals surface area contributed by atoms with E-state index < -0.39 is 15.9 Å². The number of nitrogens with zero attached hydrogens (tertiary/aromatic N) is 2. The maximum atomic E-state index is 12.4. The van der Waals surface area contributed by atoms with Crippen molar-refractivity contribution in [3.8, 4) is 17.1 Å². The first-order valence-corrected chi connectivity index (χ1v) is 10.5. The molecule has 0 radical (unpaired) electrons. The number of carbonyl (C=O) groups is 1. The Bertz CT molecular complexity index is 1140. The van der Waals surface area contributed by atoms with Crippen molar-refractivity contribution in [3.63, 3.8) is 0 Å². The van der Waals surface area contributed by atoms with Gasteiger partial charge in [-0.15, -0.1) is 0 Å². The van der Waals surface area contributed by atoms with Crippen LogP contribution in [-0.4, -0.2) is 37.8 Å². The molecule has 0 unspecified atom stereocenters. The molecule has 9 nitrogen and oxygen atoms in total. The van der Waals surface area contributed by atoms with E-state index >= 15 is 0 Å². The summed E-state index contributed by atoms with van der Waals surface area (Å²) < 4.78 is 35.7. The van der Waals surface area contributed by atoms with Gasteiger partial charge >= 0.3 is 0 Å². The van der Waals surface area contributed by atoms with Crippen molar-refractivity contribution in [1.82, 2.24) is 15.5 Å². The summed E-state index contributed by atoms with van der Waals surface area (Å²) in [6, 6.07) is 11.9. The van der Waals surface area contributed by atoms with E-state index in [-0.39, 0.29) is 12.4 Å². The number of hydrogen-bond donors (Lipinski definition) is 2. The van der Waals surface area contributed by atoms with Gasteiger partial charge in [0, 0.05) is 11.1 Å². The Morgan fingerprint density at radius 2 is 2.00 bits per heavy atom. The number of hydrogen-bond acceptors (Lipinski definition) is 7. The molecular weight excluding hydrogens is 396 g/mol. The summed E-state index contributed by atoms with van der Waals surface area (Å²) in [6.45, 7) is 1.77. The Balaban J connectivity index is 1.68. The molecule has 10 heteroatoms. The number of methoxy groups -OCH3 is 1. The van der Waals surface area contributed by atoms with Crippen LogP contribution in [0.15, 0.2) is 47.0 Å². The van der Waals surface area contributed by atoms with Gasteiger partial charge in [-0.1, -0.05) is 23.4 Å². The minimum atomic E-state index is -3.45. The van der Waals surface area contributed by atoms with Crippen molar-refractivity contribution < 1.29 is 22.5 Å². The molecule has 0 saturated heterocycles. The Morgan fingerprint density at radius 1 is 1.21 bits per heavy atom. The molecule has 1 aromatic heterocycles. The zero-order valence-electron chi connectivity index (χ0n) is 16.1. The summed E-state index contributed by atoms with van der Waals surface area (Å²) in [6.07, 6.45) is 1.05. The molecule has 3 rings (SSSR count). The van der Waals surface area contributed by atoms with Gasteiger partial charge in [0.05, 0.1) is 25.6 Å². The lowest BCUT2D eigenvalue weighted by atomic mass is 10.1. The lowest BCUT2D eigenvalue weighted by molar-refractivity contribution is 0.0946. The van der Waals surface area contributed by atoms with E-state index in [9.17, 15) is 13.2 Å². The van der Waals surface area contributed by atoms with Gasteiger partial charge in [-0.25, -0.2) is 8.42 Å². The molecule has 0 atom stereocenters. The molecule has 29 heavy (non-hydrogen) atoms. The third-order valence-electron chi connectivity index (χ3n) is 3.99. The largest absolute Gasteiger partial charge is 0.497 e. The molecule has 3 aromatic rings. The van der Waals surface area contributed by atoms with Gasteiger partial charge in [0.1, 0.15) is 5.75 Å². The van der Waals surface area contributed by atoms with Gasteiger partial charge in [0.2, 0.25) is 21.7 Å². The van der Waals surface area contributed by atoms with E-state index in [1.807, 2.05) is 12.1 Å². The monoisotopic (exact) mass is 416 g/mol. The number of amides is 1. The minimum Gasteiger partial charge on any atom is -0.497 e. The zero-order valence-corrected chi connectivity index (χ0v) is 16.9. The van der Waals surface area contributed by atoms with Crippen LogP contribution in [0.4, 0.5) is 5.69 Å². The maximum Gasteiger partial charge on any atom is 0.251 e. The Kier molecular flexibility index (Phi) is 5.83. The van der Waals surface area contributed by atoms with Gasteiger partial charge < -0.3 is 14.6 Å². The standard InChI is InChI=1S/C19H20N4O5S/c1-12-7-8-14(10-16(12)23-29(3,25)26)19(24)20-11-17-21-18(22-28-17)13-5-4-6-15(9-13)27-2/h4-10,23H,11H2,1-3H3,(H,20,24). The van der Waals surface area contributed by atoms with Gasteiger partial charge in [-0.3, -0.25) is 9.52 Å². The Hall–Kier alpha value is -3.40. The fourth-order valence-corrected chi connectivity index (χ4v) is 3.16. The smallest absolute Gasteiger partial charge is 0.251 e. The van der Waals surface area contributed by atoms with E-state index in [1.54, 1.807) is 38.3 Å². The van der Waals surface area contributed by atoms with Crippen LogP contribution >= 0.6 is 0 Å². The lowest BCUT2D eigenvalue weighted by Gasteiger charge is -2.10. The summed E-state index contributed by atoms with van der Waals surface area (Å²) in [5.74, 6) is 0.878. The number of aryl methyl sites for hydroxylation is 1. The molecule has 0 spiro atoms. The highest BCUT2D eigenvalue weighted by Crippen LogP contribution is 2.21. The second kappa shape index (κ2) is 8.31. The van der Waals surface area contributed by atoms with Crippen LogP contribution < -0.4 is 14.8 Å². The average molecular weight is 416 g/mol. The number of nitrogens with one attached hydrogen (secondary N) is 2. The summed E-state index contributed by atoms with van der Waals surface area (Å²) in [7, 11) is -1.88. The molecule has 1 amide bonds. The van der Waals surface area contributed by atoms with Crippen LogP contribution in [0.3, 0.4) is 0 Å². The number of benzene rings is 2. The Morgan fingerprint density at radius 3 is 2.72 bits per heavy atom. The number of anilines is 1. The van der Waals surface area contributed by atoms with Crippen molar-refractivity contribution in [2.45, 2.75) is 13.5 Å². The van der Waals surface area contributed by atoms with Gasteiger partial charge in [-0.05, 0) is 36.8 Å². The quantitative estimate of drug-likeness (QED) is 0.606. The third kappa shape index (κ3) is 5.32. The topological polar surface area (TPSA) is 123 Å². The van der Waals surface area contributed by atoms with Crippen molar-refractivity contribution in [2.75, 3.05) is 18.1 Å². The number of carbonyl (C=O) groups excluding carboxylic acids is 1. The average Bonchev–Trinajstić information content (AvgIpc) is 3.16. The summed E-state index contributed by atoms with van der Waals surface area (Å²) in [5.41, 5.74) is 2.07. The first-order valence-electron chi connectivity index (χ1n) is 8.59. The molecule has 0 saturated carbocycles. The van der Waals surface area contributed by atoms with Crippen LogP contribution in [0, 0.1) is 6.92 Å². The van der Waals surface area contributed by atoms with Crippen LogP contribution in [0.25, 0.3) is 11.4 Å². The molecule has 0 aliphatic rings. The zero-order chi connectivity index (χ0) is 21.0. The van der Waals surface area contributed by atoms with Gasteiger partial charge in [-0.2, -0.15) is 4.98 Å². The predicted molar refractivity (Wildman–Crippen MR) is 107 cm³/mol. The maximum absolute atomic E-state index is 12.4. The van der Waals surface area contributed by atoms with E-state index in [1.165, 1.54) is 6.07 Å². The first-order chi connectivity index (χ1) is 13.7. The molecule has 0 fully saturated rings. The highest BCUT2D eigenvalue weighted by atomic mass is 32.2. The van der Waals surface area contributed by atoms with Crippen molar-refractivity contribution in [2.24, 2.45) is 0 Å². The van der Waals surface area contributed by atoms with Crippen LogP contribution in [0.2, 0.25) is 0 Å². The number of aromatic nitrogens is 2. The van der Waals surface area contributed by atoms with Gasteiger partial charge in [0.15, 0.2) is 0 Å². The lowest BCUT2D eigenvalue weighted by Crippen LogP contribution is -2.23. The number of rotatable bonds is 7. The normalized spacial score (nSPS) is 11.1. The molecule has 0 aliphatic heterocycles. The fourth-order valence-electron chi connectivity index (χ4n) is 2.54. The molecule has 1 heterocycles. The minimum absolute atomic E-state index is 0.0263. The predicted octanol–water partition coefficient (Wildman–Crippen LogP) is 2.36. The van der Waals surface area contributed by atoms with Crippen molar-refractivity contribution >= 4 is 21.6 Å². The molecule has 0 bridgehead atoms. The van der Waals surface area contributed by atoms with Crippen LogP contribution in [-0.2, 0) is 16.6 Å². The number of ether oxygens (including phenoxy) is 1. The first kappa shape index (κ1) is 20.3. The second-order valence-corrected chi connectivity index (χ2v) is 8.08. The molecule has 2 aromatic carbocycles. The summed E-state index contributed by atoms with van der Waals surface area (Å²) in [4.78, 5) is 16.7. The summed E-state index contributed by atoms with van der Waals surface area (Å²) in [5, 5.41) is 6.58. The SMILES string of the molecule is COc1cccc(-c2noc(CNC(=O)c3ccc(C)c(NS(C)(=O)=O)c3)n2)c1.